The molecule has 0 radical (unpaired) electrons. The van der Waals surface area contributed by atoms with Crippen molar-refractivity contribution < 1.29 is 19.1 Å². The molecule has 0 aliphatic heterocycles. The minimum absolute atomic E-state index is 0.0799. The van der Waals surface area contributed by atoms with Gasteiger partial charge in [0.2, 0.25) is 0 Å². The first kappa shape index (κ1) is 17.1. The lowest BCUT2D eigenvalue weighted by molar-refractivity contribution is 0.0697. The molecule has 3 aromatic rings. The van der Waals surface area contributed by atoms with E-state index in [0.717, 1.165) is 16.9 Å². The molecule has 0 spiro atoms. The monoisotopic (exact) mass is 362 g/mol. The first-order valence-electron chi connectivity index (χ1n) is 8.83. The lowest BCUT2D eigenvalue weighted by atomic mass is 10.1. The predicted molar refractivity (Wildman–Crippen MR) is 103 cm³/mol. The second-order valence-electron chi connectivity index (χ2n) is 6.43. The van der Waals surface area contributed by atoms with Gasteiger partial charge >= 0.3 is 5.97 Å². The average molecular weight is 362 g/mol. The number of benzene rings is 2. The zero-order chi connectivity index (χ0) is 19.0. The van der Waals surface area contributed by atoms with Crippen molar-refractivity contribution in [3.63, 3.8) is 0 Å². The molecule has 0 saturated heterocycles. The van der Waals surface area contributed by atoms with Gasteiger partial charge in [0, 0.05) is 5.56 Å². The van der Waals surface area contributed by atoms with E-state index in [2.05, 4.69) is 0 Å². The molecule has 4 rings (SSSR count). The summed E-state index contributed by atoms with van der Waals surface area (Å²) in [6.07, 6.45) is 3.30. The van der Waals surface area contributed by atoms with Gasteiger partial charge in [0.1, 0.15) is 17.1 Å². The first-order valence-corrected chi connectivity index (χ1v) is 8.83. The zero-order valence-electron chi connectivity index (χ0n) is 14.8. The van der Waals surface area contributed by atoms with E-state index in [0.29, 0.717) is 41.7 Å². The van der Waals surface area contributed by atoms with Crippen LogP contribution in [-0.2, 0) is 6.42 Å². The Hall–Kier alpha value is -3.34. The summed E-state index contributed by atoms with van der Waals surface area (Å²) < 4.78 is 11.5. The molecule has 1 heterocycles. The molecule has 1 aromatic heterocycles. The fourth-order valence-electron chi connectivity index (χ4n) is 3.43. The van der Waals surface area contributed by atoms with Crippen LogP contribution in [0.25, 0.3) is 22.6 Å². The van der Waals surface area contributed by atoms with Crippen molar-refractivity contribution >= 4 is 28.6 Å². The summed E-state index contributed by atoms with van der Waals surface area (Å²) in [5, 5.41) is 9.46. The number of carboxylic acids is 1. The molecule has 5 heteroatoms. The Labute approximate surface area is 155 Å². The van der Waals surface area contributed by atoms with Crippen LogP contribution in [0.3, 0.4) is 0 Å². The molecule has 0 fully saturated rings. The molecule has 0 amide bonds. The van der Waals surface area contributed by atoms with E-state index in [1.807, 2.05) is 37.3 Å². The number of aromatic carboxylic acids is 1. The maximum absolute atomic E-state index is 12.8. The number of carbonyl (C=O) groups is 1. The third-order valence-corrected chi connectivity index (χ3v) is 4.68. The number of allylic oxidation sites excluding steroid dienone is 1. The maximum atomic E-state index is 12.8. The van der Waals surface area contributed by atoms with Crippen molar-refractivity contribution in [1.29, 1.82) is 0 Å². The van der Waals surface area contributed by atoms with E-state index in [4.69, 9.17) is 14.3 Å². The van der Waals surface area contributed by atoms with Gasteiger partial charge in [-0.15, -0.1) is 0 Å². The van der Waals surface area contributed by atoms with Gasteiger partial charge in [-0.25, -0.2) is 4.79 Å². The van der Waals surface area contributed by atoms with E-state index in [1.54, 1.807) is 6.07 Å². The molecule has 136 valence electrons. The Kier molecular flexibility index (Phi) is 4.28. The molecule has 5 nitrogen and oxygen atoms in total. The van der Waals surface area contributed by atoms with Crippen LogP contribution in [0.2, 0.25) is 0 Å². The number of ether oxygens (including phenoxy) is 1. The molecule has 0 saturated carbocycles. The highest BCUT2D eigenvalue weighted by molar-refractivity contribution is 5.94. The van der Waals surface area contributed by atoms with Gasteiger partial charge in [0.25, 0.3) is 0 Å². The van der Waals surface area contributed by atoms with E-state index >= 15 is 0 Å². The predicted octanol–water partition coefficient (Wildman–Crippen LogP) is 4.38. The number of hydrogen-bond donors (Lipinski definition) is 1. The van der Waals surface area contributed by atoms with Crippen LogP contribution < -0.4 is 10.2 Å². The molecule has 1 N–H and O–H groups in total. The SMILES string of the molecule is CCOc1cccc(C=C2CCc3c2oc2ccc(C(=O)O)cc2c3=O)c1. The Morgan fingerprint density at radius 3 is 2.85 bits per heavy atom. The summed E-state index contributed by atoms with van der Waals surface area (Å²) in [4.78, 5) is 24.0. The smallest absolute Gasteiger partial charge is 0.335 e. The average Bonchev–Trinajstić information content (AvgIpc) is 3.05. The maximum Gasteiger partial charge on any atom is 0.335 e. The normalized spacial score (nSPS) is 14.5. The molecule has 0 atom stereocenters. The van der Waals surface area contributed by atoms with Crippen LogP contribution in [0.15, 0.2) is 51.7 Å². The molecular weight excluding hydrogens is 344 g/mol. The molecule has 0 unspecified atom stereocenters. The Morgan fingerprint density at radius 2 is 2.07 bits per heavy atom. The lowest BCUT2D eigenvalue weighted by Gasteiger charge is -2.06. The number of hydrogen-bond acceptors (Lipinski definition) is 4. The van der Waals surface area contributed by atoms with Gasteiger partial charge in [0.15, 0.2) is 5.43 Å². The molecule has 1 aliphatic carbocycles. The van der Waals surface area contributed by atoms with E-state index in [1.165, 1.54) is 12.1 Å². The molecular formula is C22H18O5. The highest BCUT2D eigenvalue weighted by Gasteiger charge is 2.24. The summed E-state index contributed by atoms with van der Waals surface area (Å²) in [6, 6.07) is 12.1. The number of carboxylic acid groups (broad SMARTS) is 1. The second-order valence-corrected chi connectivity index (χ2v) is 6.43. The quantitative estimate of drug-likeness (QED) is 0.745. The Morgan fingerprint density at radius 1 is 1.22 bits per heavy atom. The van der Waals surface area contributed by atoms with Crippen molar-refractivity contribution in [2.45, 2.75) is 19.8 Å². The van der Waals surface area contributed by atoms with Gasteiger partial charge in [0.05, 0.1) is 17.6 Å². The van der Waals surface area contributed by atoms with Crippen molar-refractivity contribution in [2.75, 3.05) is 6.61 Å². The second kappa shape index (κ2) is 6.76. The number of rotatable bonds is 4. The zero-order valence-corrected chi connectivity index (χ0v) is 14.8. The molecule has 0 bridgehead atoms. The van der Waals surface area contributed by atoms with Gasteiger partial charge < -0.3 is 14.3 Å². The van der Waals surface area contributed by atoms with E-state index < -0.39 is 5.97 Å². The van der Waals surface area contributed by atoms with Crippen LogP contribution in [0.1, 0.15) is 40.6 Å². The molecule has 27 heavy (non-hydrogen) atoms. The number of fused-ring (bicyclic) bond motifs is 2. The van der Waals surface area contributed by atoms with Crippen molar-refractivity contribution in [2.24, 2.45) is 0 Å². The van der Waals surface area contributed by atoms with E-state index in [-0.39, 0.29) is 11.0 Å². The minimum Gasteiger partial charge on any atom is -0.494 e. The minimum atomic E-state index is -1.06. The van der Waals surface area contributed by atoms with Crippen molar-refractivity contribution in [3.8, 4) is 5.75 Å². The summed E-state index contributed by atoms with van der Waals surface area (Å²) in [6.45, 7) is 2.54. The standard InChI is InChI=1S/C22H18O5/c1-2-26-16-5-3-4-13(11-16)10-14-6-8-17-20(23)18-12-15(22(24)25)7-9-19(18)27-21(14)17/h3-5,7,9-12H,2,6,8H2,1H3,(H,24,25). The van der Waals surface area contributed by atoms with E-state index in [9.17, 15) is 9.59 Å². The summed E-state index contributed by atoms with van der Waals surface area (Å²) >= 11 is 0. The topological polar surface area (TPSA) is 76.7 Å². The van der Waals surface area contributed by atoms with Gasteiger partial charge in [-0.3, -0.25) is 4.79 Å². The fourth-order valence-corrected chi connectivity index (χ4v) is 3.43. The highest BCUT2D eigenvalue weighted by Crippen LogP contribution is 2.34. The van der Waals surface area contributed by atoms with Crippen LogP contribution in [0, 0.1) is 0 Å². The van der Waals surface area contributed by atoms with Crippen LogP contribution in [0.5, 0.6) is 5.75 Å². The third-order valence-electron chi connectivity index (χ3n) is 4.68. The Bertz CT molecular complexity index is 1140. The highest BCUT2D eigenvalue weighted by atomic mass is 16.5. The van der Waals surface area contributed by atoms with Crippen molar-refractivity contribution in [3.05, 3.63) is 75.1 Å². The fraction of sp³-hybridized carbons (Fsp3) is 0.182. The van der Waals surface area contributed by atoms with Gasteiger partial charge in [-0.1, -0.05) is 12.1 Å². The summed E-state index contributed by atoms with van der Waals surface area (Å²) in [5.74, 6) is 0.329. The van der Waals surface area contributed by atoms with Crippen LogP contribution >= 0.6 is 0 Å². The third kappa shape index (κ3) is 3.12. The van der Waals surface area contributed by atoms with Crippen LogP contribution in [0.4, 0.5) is 0 Å². The molecule has 2 aromatic carbocycles. The summed E-state index contributed by atoms with van der Waals surface area (Å²) in [7, 11) is 0. The first-order chi connectivity index (χ1) is 13.1. The largest absolute Gasteiger partial charge is 0.494 e. The summed E-state index contributed by atoms with van der Waals surface area (Å²) in [5.41, 5.74) is 2.88. The van der Waals surface area contributed by atoms with Crippen molar-refractivity contribution in [1.82, 2.24) is 0 Å². The van der Waals surface area contributed by atoms with Gasteiger partial charge in [-0.05, 0) is 67.3 Å². The van der Waals surface area contributed by atoms with Gasteiger partial charge in [-0.2, -0.15) is 0 Å². The molecule has 1 aliphatic rings. The van der Waals surface area contributed by atoms with Crippen LogP contribution in [-0.4, -0.2) is 17.7 Å². The lowest BCUT2D eigenvalue weighted by Crippen LogP contribution is -2.09. The Balaban J connectivity index is 1.81.